The predicted molar refractivity (Wildman–Crippen MR) is 87.0 cm³/mol. The molecule has 2 rings (SSSR count). The summed E-state index contributed by atoms with van der Waals surface area (Å²) in [6.07, 6.45) is 0. The van der Waals surface area contributed by atoms with Gasteiger partial charge in [0.05, 0.1) is 16.6 Å². The summed E-state index contributed by atoms with van der Waals surface area (Å²) >= 11 is 0. The Bertz CT molecular complexity index is 825. The maximum Gasteiger partial charge on any atom is 0.253 e. The lowest BCUT2D eigenvalue weighted by Gasteiger charge is -2.14. The van der Waals surface area contributed by atoms with Crippen LogP contribution in [0.1, 0.15) is 41.5 Å². The van der Waals surface area contributed by atoms with Crippen molar-refractivity contribution in [3.8, 4) is 0 Å². The molecule has 0 radical (unpaired) electrons. The van der Waals surface area contributed by atoms with Crippen molar-refractivity contribution in [3.63, 3.8) is 0 Å². The van der Waals surface area contributed by atoms with Crippen molar-refractivity contribution in [2.45, 2.75) is 32.7 Å². The minimum Gasteiger partial charge on any atom is -0.367 e. The summed E-state index contributed by atoms with van der Waals surface area (Å²) in [6.45, 7) is 5.62. The first-order valence-corrected chi connectivity index (χ1v) is 7.37. The fourth-order valence-corrected chi connectivity index (χ4v) is 2.43. The van der Waals surface area contributed by atoms with E-state index in [-0.39, 0.29) is 11.5 Å². The molecule has 2 aromatic rings. The molecule has 0 fully saturated rings. The highest BCUT2D eigenvalue weighted by atomic mass is 16.2. The summed E-state index contributed by atoms with van der Waals surface area (Å²) in [7, 11) is 1.73. The fraction of sp³-hybridized carbons (Fsp3) is 0.400. The molecule has 24 heavy (non-hydrogen) atoms. The number of nitrogens with one attached hydrogen (secondary N) is 1. The highest BCUT2D eigenvalue weighted by molar-refractivity contribution is 6.12. The molecular formula is C15H20N6O3. The average molecular weight is 332 g/mol. The van der Waals surface area contributed by atoms with Crippen LogP contribution in [0, 0.1) is 6.92 Å². The van der Waals surface area contributed by atoms with Crippen LogP contribution < -0.4 is 16.8 Å². The van der Waals surface area contributed by atoms with Gasteiger partial charge in [-0.15, -0.1) is 0 Å². The second-order valence-electron chi connectivity index (χ2n) is 5.87. The Morgan fingerprint density at radius 1 is 1.21 bits per heavy atom. The van der Waals surface area contributed by atoms with Crippen LogP contribution in [0.5, 0.6) is 0 Å². The predicted octanol–water partition coefficient (Wildman–Crippen LogP) is -0.531. The number of pyridine rings is 1. The van der Waals surface area contributed by atoms with Gasteiger partial charge in [-0.1, -0.05) is 13.8 Å². The number of rotatable bonds is 5. The lowest BCUT2D eigenvalue weighted by atomic mass is 10.0. The number of carbonyl (C=O) groups is 3. The molecule has 0 spiro atoms. The van der Waals surface area contributed by atoms with E-state index in [1.54, 1.807) is 24.7 Å². The lowest BCUT2D eigenvalue weighted by Crippen LogP contribution is -2.52. The zero-order valence-corrected chi connectivity index (χ0v) is 14.0. The molecule has 0 bridgehead atoms. The lowest BCUT2D eigenvalue weighted by molar-refractivity contribution is -0.128. The first-order chi connectivity index (χ1) is 11.1. The summed E-state index contributed by atoms with van der Waals surface area (Å²) in [5.74, 6) is -2.61. The summed E-state index contributed by atoms with van der Waals surface area (Å²) in [6, 6.07) is 0.0379. The van der Waals surface area contributed by atoms with Crippen LogP contribution in [-0.2, 0) is 16.6 Å². The van der Waals surface area contributed by atoms with Crippen molar-refractivity contribution in [3.05, 3.63) is 23.0 Å². The summed E-state index contributed by atoms with van der Waals surface area (Å²) < 4.78 is 1.58. The van der Waals surface area contributed by atoms with E-state index >= 15 is 0 Å². The monoisotopic (exact) mass is 332 g/mol. The zero-order chi connectivity index (χ0) is 18.2. The van der Waals surface area contributed by atoms with Crippen molar-refractivity contribution >= 4 is 28.8 Å². The molecule has 0 unspecified atom stereocenters. The van der Waals surface area contributed by atoms with Gasteiger partial charge in [-0.2, -0.15) is 5.10 Å². The molecule has 128 valence electrons. The Labute approximate surface area is 138 Å². The van der Waals surface area contributed by atoms with E-state index in [1.807, 2.05) is 13.8 Å². The Hall–Kier alpha value is -2.97. The van der Waals surface area contributed by atoms with Gasteiger partial charge in [-0.05, 0) is 18.9 Å². The molecule has 3 amide bonds. The van der Waals surface area contributed by atoms with E-state index in [0.717, 1.165) is 0 Å². The van der Waals surface area contributed by atoms with Crippen LogP contribution in [0.2, 0.25) is 0 Å². The third kappa shape index (κ3) is 3.05. The van der Waals surface area contributed by atoms with Crippen molar-refractivity contribution < 1.29 is 14.4 Å². The Morgan fingerprint density at radius 3 is 2.29 bits per heavy atom. The molecule has 5 N–H and O–H groups in total. The Balaban J connectivity index is 2.59. The molecule has 0 atom stereocenters. The molecule has 2 aromatic heterocycles. The average Bonchev–Trinajstić information content (AvgIpc) is 2.77. The van der Waals surface area contributed by atoms with Crippen LogP contribution in [0.15, 0.2) is 6.07 Å². The van der Waals surface area contributed by atoms with Gasteiger partial charge < -0.3 is 16.8 Å². The van der Waals surface area contributed by atoms with Gasteiger partial charge in [0.1, 0.15) is 0 Å². The maximum absolute atomic E-state index is 12.6. The molecular weight excluding hydrogens is 312 g/mol. The molecule has 9 heteroatoms. The van der Waals surface area contributed by atoms with Gasteiger partial charge in [0.25, 0.3) is 5.91 Å². The number of aryl methyl sites for hydroxylation is 2. The first-order valence-electron chi connectivity index (χ1n) is 7.37. The molecule has 9 nitrogen and oxygen atoms in total. The molecule has 0 aliphatic carbocycles. The number of amides is 3. The van der Waals surface area contributed by atoms with Crippen molar-refractivity contribution in [1.82, 2.24) is 20.1 Å². The van der Waals surface area contributed by atoms with Crippen LogP contribution in [0.25, 0.3) is 11.0 Å². The van der Waals surface area contributed by atoms with E-state index in [0.29, 0.717) is 22.4 Å². The molecule has 0 saturated heterocycles. The number of fused-ring (bicyclic) bond motifs is 1. The van der Waals surface area contributed by atoms with Crippen molar-refractivity contribution in [1.29, 1.82) is 0 Å². The topological polar surface area (TPSA) is 146 Å². The van der Waals surface area contributed by atoms with E-state index in [1.165, 1.54) is 0 Å². The third-order valence-electron chi connectivity index (χ3n) is 3.67. The van der Waals surface area contributed by atoms with Gasteiger partial charge in [-0.3, -0.25) is 19.1 Å². The van der Waals surface area contributed by atoms with Crippen LogP contribution in [0.4, 0.5) is 0 Å². The van der Waals surface area contributed by atoms with Crippen molar-refractivity contribution in [2.75, 3.05) is 0 Å². The first kappa shape index (κ1) is 17.4. The van der Waals surface area contributed by atoms with E-state index < -0.39 is 23.8 Å². The molecule has 0 aromatic carbocycles. The van der Waals surface area contributed by atoms with Crippen LogP contribution in [-0.4, -0.2) is 38.5 Å². The van der Waals surface area contributed by atoms with Gasteiger partial charge >= 0.3 is 0 Å². The number of nitrogens with zero attached hydrogens (tertiary/aromatic N) is 3. The molecule has 0 aliphatic rings. The standard InChI is InChI=1S/C15H20N6O3/c1-6(2)9-5-8(10-7(3)20-21(4)14(10)18-9)15(24)19-11(12(16)22)13(17)23/h5-6,11H,1-4H3,(H2,16,22)(H2,17,23)(H,19,24). The number of hydrogen-bond donors (Lipinski definition) is 3. The number of carbonyl (C=O) groups excluding carboxylic acids is 3. The second-order valence-corrected chi connectivity index (χ2v) is 5.87. The Morgan fingerprint density at radius 2 is 1.79 bits per heavy atom. The number of aromatic nitrogens is 3. The van der Waals surface area contributed by atoms with Crippen molar-refractivity contribution in [2.24, 2.45) is 18.5 Å². The summed E-state index contributed by atoms with van der Waals surface area (Å²) in [5.41, 5.74) is 12.3. The van der Waals surface area contributed by atoms with E-state index in [4.69, 9.17) is 11.5 Å². The largest absolute Gasteiger partial charge is 0.367 e. The number of nitrogens with two attached hydrogens (primary N) is 2. The van der Waals surface area contributed by atoms with Crippen LogP contribution >= 0.6 is 0 Å². The maximum atomic E-state index is 12.6. The fourth-order valence-electron chi connectivity index (χ4n) is 2.43. The Kier molecular flexibility index (Phi) is 4.54. The number of primary amides is 2. The minimum absolute atomic E-state index is 0.0687. The van der Waals surface area contributed by atoms with E-state index in [9.17, 15) is 14.4 Å². The van der Waals surface area contributed by atoms with Gasteiger partial charge in [0.2, 0.25) is 11.8 Å². The summed E-state index contributed by atoms with van der Waals surface area (Å²) in [4.78, 5) is 39.7. The molecule has 2 heterocycles. The van der Waals surface area contributed by atoms with E-state index in [2.05, 4.69) is 15.4 Å². The highest BCUT2D eigenvalue weighted by Gasteiger charge is 2.27. The molecule has 0 aliphatic heterocycles. The molecule has 0 saturated carbocycles. The SMILES string of the molecule is Cc1nn(C)c2nc(C(C)C)cc(C(=O)NC(C(N)=O)C(N)=O)c12. The van der Waals surface area contributed by atoms with Crippen LogP contribution in [0.3, 0.4) is 0 Å². The normalized spacial score (nSPS) is 11.2. The van der Waals surface area contributed by atoms with Gasteiger partial charge in [0, 0.05) is 12.7 Å². The zero-order valence-electron chi connectivity index (χ0n) is 14.0. The minimum atomic E-state index is -1.58. The number of hydrogen-bond acceptors (Lipinski definition) is 5. The quantitative estimate of drug-likeness (QED) is 0.630. The van der Waals surface area contributed by atoms with Gasteiger partial charge in [0.15, 0.2) is 11.7 Å². The smallest absolute Gasteiger partial charge is 0.253 e. The summed E-state index contributed by atoms with van der Waals surface area (Å²) in [5, 5.41) is 7.10. The second kappa shape index (κ2) is 6.26. The van der Waals surface area contributed by atoms with Gasteiger partial charge in [-0.25, -0.2) is 4.98 Å². The highest BCUT2D eigenvalue weighted by Crippen LogP contribution is 2.24. The third-order valence-corrected chi connectivity index (χ3v) is 3.67.